The van der Waals surface area contributed by atoms with E-state index >= 15 is 0 Å². The second-order valence-corrected chi connectivity index (χ2v) is 10.5. The molecular weight excluding hydrogens is 557 g/mol. The van der Waals surface area contributed by atoms with Gasteiger partial charge in [0.15, 0.2) is 0 Å². The van der Waals surface area contributed by atoms with E-state index in [2.05, 4.69) is 5.10 Å². The van der Waals surface area contributed by atoms with Crippen molar-refractivity contribution in [2.75, 3.05) is 6.26 Å². The fourth-order valence-corrected chi connectivity index (χ4v) is 4.34. The van der Waals surface area contributed by atoms with Crippen LogP contribution in [0.1, 0.15) is 27.2 Å². The molecule has 1 heterocycles. The predicted octanol–water partition coefficient (Wildman–Crippen LogP) is 6.35. The van der Waals surface area contributed by atoms with Gasteiger partial charge in [-0.3, -0.25) is 4.79 Å². The molecule has 0 fully saturated rings. The summed E-state index contributed by atoms with van der Waals surface area (Å²) in [5, 5.41) is 5.26. The molecule has 0 atom stereocenters. The Hall–Kier alpha value is -3.41. The fourth-order valence-electron chi connectivity index (χ4n) is 3.47. The Morgan fingerprint density at radius 3 is 2.32 bits per heavy atom. The molecule has 0 aliphatic rings. The van der Waals surface area contributed by atoms with E-state index in [9.17, 15) is 30.8 Å². The molecule has 37 heavy (non-hydrogen) atoms. The molecule has 1 N–H and O–H groups in total. The maximum absolute atomic E-state index is 14.8. The molecule has 0 aliphatic carbocycles. The van der Waals surface area contributed by atoms with Crippen LogP contribution in [0.2, 0.25) is 10.0 Å². The molecule has 0 unspecified atom stereocenters. The van der Waals surface area contributed by atoms with Gasteiger partial charge in [0, 0.05) is 16.5 Å². The number of amides is 1. The van der Waals surface area contributed by atoms with Crippen molar-refractivity contribution in [2.45, 2.75) is 6.18 Å². The topological polar surface area (TPSA) is 81.1 Å². The Labute approximate surface area is 218 Å². The lowest BCUT2D eigenvalue weighted by atomic mass is 10.1. The smallest absolute Gasteiger partial charge is 0.268 e. The van der Waals surface area contributed by atoms with Gasteiger partial charge in [-0.25, -0.2) is 22.2 Å². The van der Waals surface area contributed by atoms with E-state index in [4.69, 9.17) is 23.2 Å². The number of hydrogen-bond acceptors (Lipinski definition) is 4. The van der Waals surface area contributed by atoms with Gasteiger partial charge >= 0.3 is 6.18 Å². The standard InChI is InChI=1S/C24H15Cl2F4N3O3S/c1-37(35,36)32-23(34)16-11-18(26)22(12-19(16)27)33-21-9-7-15(25)10-17(21)20(31-33)8-4-13-2-5-14(6-3-13)24(28,29)30/h2-12H,1H3,(H,32,34). The van der Waals surface area contributed by atoms with Crippen LogP contribution in [0.15, 0.2) is 54.6 Å². The van der Waals surface area contributed by atoms with Gasteiger partial charge in [0.05, 0.1) is 39.3 Å². The first-order valence-electron chi connectivity index (χ1n) is 10.3. The van der Waals surface area contributed by atoms with Crippen LogP contribution in [-0.2, 0) is 16.2 Å². The zero-order valence-corrected chi connectivity index (χ0v) is 21.0. The highest BCUT2D eigenvalue weighted by molar-refractivity contribution is 7.89. The quantitative estimate of drug-likeness (QED) is 0.283. The Balaban J connectivity index is 1.77. The highest BCUT2D eigenvalue weighted by Crippen LogP contribution is 2.32. The minimum Gasteiger partial charge on any atom is -0.268 e. The van der Waals surface area contributed by atoms with Crippen molar-refractivity contribution in [3.8, 4) is 5.69 Å². The van der Waals surface area contributed by atoms with E-state index in [1.807, 2.05) is 0 Å². The van der Waals surface area contributed by atoms with E-state index < -0.39 is 39.1 Å². The summed E-state index contributed by atoms with van der Waals surface area (Å²) in [7, 11) is -3.93. The fraction of sp³-hybridized carbons (Fsp3) is 0.0833. The molecule has 0 aliphatic heterocycles. The first-order chi connectivity index (χ1) is 17.2. The average Bonchev–Trinajstić information content (AvgIpc) is 3.14. The molecule has 1 amide bonds. The van der Waals surface area contributed by atoms with Crippen LogP contribution in [0.5, 0.6) is 0 Å². The zero-order chi connectivity index (χ0) is 27.1. The van der Waals surface area contributed by atoms with Crippen molar-refractivity contribution in [1.82, 2.24) is 14.5 Å². The number of benzene rings is 3. The van der Waals surface area contributed by atoms with Crippen LogP contribution < -0.4 is 4.72 Å². The van der Waals surface area contributed by atoms with Crippen molar-refractivity contribution in [3.63, 3.8) is 0 Å². The van der Waals surface area contributed by atoms with Crippen LogP contribution in [0.3, 0.4) is 0 Å². The summed E-state index contributed by atoms with van der Waals surface area (Å²) in [5.41, 5.74) is -0.0175. The molecule has 4 rings (SSSR count). The van der Waals surface area contributed by atoms with Gasteiger partial charge in [-0.1, -0.05) is 41.4 Å². The van der Waals surface area contributed by atoms with Gasteiger partial charge in [0.2, 0.25) is 10.0 Å². The number of alkyl halides is 3. The largest absolute Gasteiger partial charge is 0.416 e. The number of fused-ring (bicyclic) bond motifs is 1. The maximum atomic E-state index is 14.8. The normalized spacial score (nSPS) is 12.4. The van der Waals surface area contributed by atoms with E-state index in [-0.39, 0.29) is 10.7 Å². The molecule has 1 aromatic heterocycles. The second kappa shape index (κ2) is 9.81. The molecule has 0 saturated carbocycles. The third kappa shape index (κ3) is 5.95. The third-order valence-electron chi connectivity index (χ3n) is 5.13. The average molecular weight is 572 g/mol. The number of nitrogens with zero attached hydrogens (tertiary/aromatic N) is 2. The van der Waals surface area contributed by atoms with Crippen LogP contribution in [0, 0.1) is 5.82 Å². The summed E-state index contributed by atoms with van der Waals surface area (Å²) < 4.78 is 78.9. The first-order valence-corrected chi connectivity index (χ1v) is 12.9. The molecule has 0 radical (unpaired) electrons. The number of carbonyl (C=O) groups excluding carboxylic acids is 1. The minimum atomic E-state index is -4.45. The molecule has 4 aromatic rings. The number of aromatic nitrogens is 2. The summed E-state index contributed by atoms with van der Waals surface area (Å²) >= 11 is 12.5. The summed E-state index contributed by atoms with van der Waals surface area (Å²) in [6.45, 7) is 0. The number of rotatable bonds is 5. The van der Waals surface area contributed by atoms with Gasteiger partial charge in [0.25, 0.3) is 5.91 Å². The maximum Gasteiger partial charge on any atom is 0.416 e. The number of sulfonamides is 1. The summed E-state index contributed by atoms with van der Waals surface area (Å²) in [6, 6.07) is 11.2. The molecular formula is C24H15Cl2F4N3O3S. The summed E-state index contributed by atoms with van der Waals surface area (Å²) in [6.07, 6.45) is -0.604. The predicted molar refractivity (Wildman–Crippen MR) is 134 cm³/mol. The second-order valence-electron chi connectivity index (χ2n) is 7.90. The van der Waals surface area contributed by atoms with Crippen molar-refractivity contribution >= 4 is 62.2 Å². The number of nitrogens with one attached hydrogen (secondary N) is 1. The summed E-state index contributed by atoms with van der Waals surface area (Å²) in [5.74, 6) is -2.23. The van der Waals surface area contributed by atoms with Crippen LogP contribution in [-0.4, -0.2) is 30.4 Å². The van der Waals surface area contributed by atoms with Crippen molar-refractivity contribution < 1.29 is 30.8 Å². The van der Waals surface area contributed by atoms with Crippen molar-refractivity contribution in [1.29, 1.82) is 0 Å². The van der Waals surface area contributed by atoms with Gasteiger partial charge in [-0.05, 0) is 48.0 Å². The Morgan fingerprint density at radius 2 is 1.70 bits per heavy atom. The number of carbonyl (C=O) groups is 1. The Morgan fingerprint density at radius 1 is 1.03 bits per heavy atom. The molecule has 3 aromatic carbocycles. The van der Waals surface area contributed by atoms with Crippen LogP contribution >= 0.6 is 23.2 Å². The third-order valence-corrected chi connectivity index (χ3v) is 6.22. The van der Waals surface area contributed by atoms with E-state index in [0.717, 1.165) is 30.5 Å². The molecule has 6 nitrogen and oxygen atoms in total. The zero-order valence-electron chi connectivity index (χ0n) is 18.6. The van der Waals surface area contributed by atoms with Crippen molar-refractivity contribution in [2.24, 2.45) is 0 Å². The highest BCUT2D eigenvalue weighted by atomic mass is 35.5. The first kappa shape index (κ1) is 26.6. The number of hydrogen-bond donors (Lipinski definition) is 1. The van der Waals surface area contributed by atoms with E-state index in [1.54, 1.807) is 35.1 Å². The SMILES string of the molecule is CS(=O)(=O)NC(=O)c1cc(Cl)c(-n2nc(C=Cc3ccc(C(F)(F)F)cc3)c3cc(Cl)ccc32)cc1F. The van der Waals surface area contributed by atoms with Gasteiger partial charge in [0.1, 0.15) is 5.82 Å². The Kier molecular flexibility index (Phi) is 7.06. The molecule has 13 heteroatoms. The van der Waals surface area contributed by atoms with Gasteiger partial charge < -0.3 is 0 Å². The lowest BCUT2D eigenvalue weighted by molar-refractivity contribution is -0.137. The lowest BCUT2D eigenvalue weighted by Gasteiger charge is -2.10. The van der Waals surface area contributed by atoms with Crippen LogP contribution in [0.25, 0.3) is 28.7 Å². The van der Waals surface area contributed by atoms with E-state index in [1.165, 1.54) is 16.8 Å². The monoisotopic (exact) mass is 571 g/mol. The Bertz CT molecular complexity index is 1670. The highest BCUT2D eigenvalue weighted by Gasteiger charge is 2.29. The van der Waals surface area contributed by atoms with Crippen molar-refractivity contribution in [3.05, 3.63) is 92.8 Å². The number of halogens is 6. The molecule has 0 spiro atoms. The van der Waals surface area contributed by atoms with E-state index in [0.29, 0.717) is 27.2 Å². The van der Waals surface area contributed by atoms with Gasteiger partial charge in [-0.15, -0.1) is 0 Å². The minimum absolute atomic E-state index is 0.0524. The molecule has 0 saturated heterocycles. The molecule has 0 bridgehead atoms. The van der Waals surface area contributed by atoms with Crippen LogP contribution in [0.4, 0.5) is 17.6 Å². The molecule has 192 valence electrons. The van der Waals surface area contributed by atoms with Gasteiger partial charge in [-0.2, -0.15) is 18.3 Å². The summed E-state index contributed by atoms with van der Waals surface area (Å²) in [4.78, 5) is 12.1. The lowest BCUT2D eigenvalue weighted by Crippen LogP contribution is -2.30.